The molecule has 1 heterocycles. The molecule has 0 saturated carbocycles. The van der Waals surface area contributed by atoms with E-state index in [0.29, 0.717) is 17.3 Å². The van der Waals surface area contributed by atoms with Crippen molar-refractivity contribution < 1.29 is 4.79 Å². The summed E-state index contributed by atoms with van der Waals surface area (Å²) in [7, 11) is 0. The molecular weight excluding hydrogens is 284 g/mol. The number of carbonyl (C=O) groups is 1. The van der Waals surface area contributed by atoms with Crippen molar-refractivity contribution in [2.45, 2.75) is 21.3 Å². The van der Waals surface area contributed by atoms with Crippen molar-refractivity contribution in [1.82, 2.24) is 5.32 Å². The maximum absolute atomic E-state index is 11.9. The number of aryl methyl sites for hydroxylation is 1. The predicted molar refractivity (Wildman–Crippen MR) is 89.7 cm³/mol. The Morgan fingerprint density at radius 3 is 2.62 bits per heavy atom. The summed E-state index contributed by atoms with van der Waals surface area (Å²) in [4.78, 5) is 16.2. The van der Waals surface area contributed by atoms with Gasteiger partial charge in [-0.3, -0.25) is 9.79 Å². The lowest BCUT2D eigenvalue weighted by atomic mass is 10.0. The summed E-state index contributed by atoms with van der Waals surface area (Å²) in [5.41, 5.74) is 2.81. The normalized spacial score (nSPS) is 17.2. The number of rotatable bonds is 3. The third-order valence-corrected chi connectivity index (χ3v) is 3.33. The predicted octanol–water partition coefficient (Wildman–Crippen LogP) is 3.82. The lowest BCUT2D eigenvalue weighted by molar-refractivity contribution is -0.122. The number of carbonyl (C=O) groups excluding carboxylic acids is 1. The highest BCUT2D eigenvalue weighted by Gasteiger charge is 2.17. The minimum atomic E-state index is -0.380. The van der Waals surface area contributed by atoms with Crippen molar-refractivity contribution in [3.05, 3.63) is 58.8 Å². The monoisotopic (exact) mass is 304 g/mol. The summed E-state index contributed by atoms with van der Waals surface area (Å²) in [5, 5.41) is 3.28. The number of aliphatic imine (C=N–C) groups is 1. The second kappa shape index (κ2) is 7.79. The first-order valence-electron chi connectivity index (χ1n) is 6.58. The van der Waals surface area contributed by atoms with Gasteiger partial charge in [-0.05, 0) is 26.0 Å². The molecule has 4 heteroatoms. The Balaban J connectivity index is 0.00000220. The van der Waals surface area contributed by atoms with Crippen molar-refractivity contribution >= 4 is 23.2 Å². The van der Waals surface area contributed by atoms with E-state index in [-0.39, 0.29) is 19.3 Å². The van der Waals surface area contributed by atoms with Gasteiger partial charge in [-0.15, -0.1) is 0 Å². The standard InChI is InChI=1S/C16H17ClN2O.CH4/c1-3-18-16(20)13-8-9-19-15(14(17)10-13)12-6-4-11(2)5-7-12;/h4-10,13H,3H2,1-2H3,(H,18,20);1H4. The summed E-state index contributed by atoms with van der Waals surface area (Å²) >= 11 is 6.31. The second-order valence-electron chi connectivity index (χ2n) is 4.62. The van der Waals surface area contributed by atoms with Gasteiger partial charge in [0.1, 0.15) is 0 Å². The molecule has 112 valence electrons. The average molecular weight is 305 g/mol. The summed E-state index contributed by atoms with van der Waals surface area (Å²) in [6, 6.07) is 7.98. The molecule has 0 fully saturated rings. The SMILES string of the molecule is C.CCNC(=O)C1C=CN=C(c2ccc(C)cc2)C(Cl)=C1. The third-order valence-electron chi connectivity index (χ3n) is 3.03. The van der Waals surface area contributed by atoms with Crippen LogP contribution < -0.4 is 5.32 Å². The van der Waals surface area contributed by atoms with E-state index in [1.807, 2.05) is 38.1 Å². The first-order chi connectivity index (χ1) is 9.61. The van der Waals surface area contributed by atoms with Gasteiger partial charge in [0.2, 0.25) is 5.91 Å². The Morgan fingerprint density at radius 2 is 2.00 bits per heavy atom. The van der Waals surface area contributed by atoms with Crippen LogP contribution in [0.15, 0.2) is 52.6 Å². The molecule has 1 aromatic rings. The van der Waals surface area contributed by atoms with Gasteiger partial charge in [0.15, 0.2) is 0 Å². The zero-order valence-electron chi connectivity index (χ0n) is 11.6. The van der Waals surface area contributed by atoms with Crippen molar-refractivity contribution in [3.8, 4) is 0 Å². The smallest absolute Gasteiger partial charge is 0.230 e. The fourth-order valence-corrected chi connectivity index (χ4v) is 2.24. The Hall–Kier alpha value is -1.87. The maximum Gasteiger partial charge on any atom is 0.230 e. The van der Waals surface area contributed by atoms with Crippen LogP contribution in [0.3, 0.4) is 0 Å². The largest absolute Gasteiger partial charge is 0.356 e. The molecule has 0 saturated heterocycles. The highest BCUT2D eigenvalue weighted by atomic mass is 35.5. The molecular formula is C17H21ClN2O. The first kappa shape index (κ1) is 17.2. The van der Waals surface area contributed by atoms with Crippen molar-refractivity contribution in [2.75, 3.05) is 6.54 Å². The van der Waals surface area contributed by atoms with Gasteiger partial charge in [0.25, 0.3) is 0 Å². The van der Waals surface area contributed by atoms with Crippen molar-refractivity contribution in [1.29, 1.82) is 0 Å². The molecule has 0 bridgehead atoms. The van der Waals surface area contributed by atoms with Gasteiger partial charge in [-0.25, -0.2) is 0 Å². The molecule has 0 radical (unpaired) electrons. The Labute approximate surface area is 131 Å². The first-order valence-corrected chi connectivity index (χ1v) is 6.96. The van der Waals surface area contributed by atoms with Gasteiger partial charge in [0.05, 0.1) is 16.7 Å². The molecule has 2 rings (SSSR count). The highest BCUT2D eigenvalue weighted by molar-refractivity contribution is 6.46. The number of allylic oxidation sites excluding steroid dienone is 1. The number of benzene rings is 1. The molecule has 1 N–H and O–H groups in total. The lowest BCUT2D eigenvalue weighted by Crippen LogP contribution is -2.28. The summed E-state index contributed by atoms with van der Waals surface area (Å²) < 4.78 is 0. The molecule has 1 aliphatic rings. The fraction of sp³-hybridized carbons (Fsp3) is 0.294. The van der Waals surface area contributed by atoms with Gasteiger partial charge < -0.3 is 5.32 Å². The number of halogens is 1. The Kier molecular flexibility index (Phi) is 6.38. The van der Waals surface area contributed by atoms with E-state index in [4.69, 9.17) is 11.6 Å². The van der Waals surface area contributed by atoms with Gasteiger partial charge in [-0.2, -0.15) is 0 Å². The van der Waals surface area contributed by atoms with Gasteiger partial charge in [-0.1, -0.05) is 48.9 Å². The highest BCUT2D eigenvalue weighted by Crippen LogP contribution is 2.20. The zero-order valence-corrected chi connectivity index (χ0v) is 12.3. The van der Waals surface area contributed by atoms with E-state index in [2.05, 4.69) is 10.3 Å². The molecule has 0 aromatic heterocycles. The molecule has 1 unspecified atom stereocenters. The van der Waals surface area contributed by atoms with Crippen LogP contribution in [0.5, 0.6) is 0 Å². The van der Waals surface area contributed by atoms with Crippen LogP contribution in [0.4, 0.5) is 0 Å². The maximum atomic E-state index is 11.9. The van der Waals surface area contributed by atoms with Crippen molar-refractivity contribution in [3.63, 3.8) is 0 Å². The molecule has 0 aliphatic carbocycles. The topological polar surface area (TPSA) is 41.5 Å². The molecule has 1 aliphatic heterocycles. The number of hydrogen-bond acceptors (Lipinski definition) is 2. The molecule has 0 spiro atoms. The molecule has 1 amide bonds. The van der Waals surface area contributed by atoms with Crippen LogP contribution >= 0.6 is 11.6 Å². The second-order valence-corrected chi connectivity index (χ2v) is 5.03. The van der Waals surface area contributed by atoms with Crippen LogP contribution in [0.1, 0.15) is 25.5 Å². The quantitative estimate of drug-likeness (QED) is 0.906. The summed E-state index contributed by atoms with van der Waals surface area (Å²) in [6.45, 7) is 4.51. The van der Waals surface area contributed by atoms with E-state index in [0.717, 1.165) is 5.56 Å². The minimum Gasteiger partial charge on any atom is -0.356 e. The van der Waals surface area contributed by atoms with E-state index < -0.39 is 0 Å². The lowest BCUT2D eigenvalue weighted by Gasteiger charge is -2.08. The number of nitrogens with zero attached hydrogens (tertiary/aromatic N) is 1. The van der Waals surface area contributed by atoms with E-state index in [1.165, 1.54) is 5.56 Å². The van der Waals surface area contributed by atoms with E-state index in [9.17, 15) is 4.79 Å². The van der Waals surface area contributed by atoms with E-state index >= 15 is 0 Å². The third kappa shape index (κ3) is 4.30. The Bertz CT molecular complexity index is 585. The van der Waals surface area contributed by atoms with E-state index in [1.54, 1.807) is 18.4 Å². The summed E-state index contributed by atoms with van der Waals surface area (Å²) in [5.74, 6) is -0.448. The Morgan fingerprint density at radius 1 is 1.33 bits per heavy atom. The number of amides is 1. The molecule has 1 atom stereocenters. The fourth-order valence-electron chi connectivity index (χ4n) is 1.94. The average Bonchev–Trinajstić information content (AvgIpc) is 2.62. The summed E-state index contributed by atoms with van der Waals surface area (Å²) in [6.07, 6.45) is 5.12. The minimum absolute atomic E-state index is 0. The van der Waals surface area contributed by atoms with Crippen LogP contribution in [-0.2, 0) is 4.79 Å². The molecule has 21 heavy (non-hydrogen) atoms. The van der Waals surface area contributed by atoms with Crippen molar-refractivity contribution in [2.24, 2.45) is 10.9 Å². The number of nitrogens with one attached hydrogen (secondary N) is 1. The van der Waals surface area contributed by atoms with Crippen LogP contribution in [-0.4, -0.2) is 18.2 Å². The van der Waals surface area contributed by atoms with Crippen LogP contribution in [0.2, 0.25) is 0 Å². The molecule has 3 nitrogen and oxygen atoms in total. The number of hydrogen-bond donors (Lipinski definition) is 1. The van der Waals surface area contributed by atoms with Crippen LogP contribution in [0.25, 0.3) is 0 Å². The zero-order chi connectivity index (χ0) is 14.5. The van der Waals surface area contributed by atoms with Gasteiger partial charge >= 0.3 is 0 Å². The van der Waals surface area contributed by atoms with Crippen LogP contribution in [0, 0.1) is 12.8 Å². The molecule has 1 aromatic carbocycles. The van der Waals surface area contributed by atoms with Gasteiger partial charge in [0, 0.05) is 18.3 Å².